The SMILES string of the molecule is O=S(=O)([O-])O.O=S(=O)([O-])O.O=S(=O)([O-])O.O=S(=O)([O-])O.[In+3].[NH4+]. The van der Waals surface area contributed by atoms with Crippen LogP contribution in [-0.4, -0.2) is 95.9 Å². The van der Waals surface area contributed by atoms with Crippen molar-refractivity contribution in [2.75, 3.05) is 0 Å². The number of rotatable bonds is 0. The summed E-state index contributed by atoms with van der Waals surface area (Å²) in [6, 6.07) is 0. The Morgan fingerprint density at radius 3 is 0.455 bits per heavy atom. The van der Waals surface area contributed by atoms with E-state index < -0.39 is 41.6 Å². The summed E-state index contributed by atoms with van der Waals surface area (Å²) in [7, 11) is -19.7. The van der Waals surface area contributed by atoms with Crippen molar-refractivity contribution in [1.82, 2.24) is 6.15 Å². The molecular weight excluding hydrogens is 513 g/mol. The van der Waals surface area contributed by atoms with Crippen LogP contribution in [0, 0.1) is 0 Å². The molecule has 0 aliphatic heterocycles. The minimum atomic E-state index is -4.92. The molecule has 0 aliphatic rings. The van der Waals surface area contributed by atoms with Crippen LogP contribution in [-0.2, 0) is 41.6 Å². The van der Waals surface area contributed by atoms with E-state index in [1.807, 2.05) is 0 Å². The minimum absolute atomic E-state index is 0. The Bertz CT molecular complexity index is 479. The van der Waals surface area contributed by atoms with Crippen molar-refractivity contribution in [1.29, 1.82) is 0 Å². The van der Waals surface area contributed by atoms with Crippen molar-refractivity contribution in [3.8, 4) is 0 Å². The molecule has 0 bridgehead atoms. The molecule has 0 heterocycles. The van der Waals surface area contributed by atoms with Gasteiger partial charge in [-0.05, 0) is 0 Å². The molecule has 0 aromatic rings. The maximum Gasteiger partial charge on any atom is 3.00 e. The molecule has 17 nitrogen and oxygen atoms in total. The Hall–Kier alpha value is 0.310. The first-order valence-electron chi connectivity index (χ1n) is 2.73. The zero-order chi connectivity index (χ0) is 18.0. The summed E-state index contributed by atoms with van der Waals surface area (Å²) >= 11 is 0. The van der Waals surface area contributed by atoms with E-state index in [2.05, 4.69) is 0 Å². The summed E-state index contributed by atoms with van der Waals surface area (Å²) < 4.78 is 131. The first-order valence-corrected chi connectivity index (χ1v) is 8.19. The van der Waals surface area contributed by atoms with Gasteiger partial charge in [0.15, 0.2) is 0 Å². The fourth-order valence-corrected chi connectivity index (χ4v) is 0. The van der Waals surface area contributed by atoms with Gasteiger partial charge in [-0.3, -0.25) is 18.2 Å². The van der Waals surface area contributed by atoms with Crippen molar-refractivity contribution in [3.63, 3.8) is 0 Å². The van der Waals surface area contributed by atoms with Crippen LogP contribution in [0.15, 0.2) is 0 Å². The minimum Gasteiger partial charge on any atom is -0.726 e. The van der Waals surface area contributed by atoms with Crippen LogP contribution in [0.25, 0.3) is 0 Å². The molecule has 0 rings (SSSR count). The molecular formula is H8InNO16S4. The van der Waals surface area contributed by atoms with Crippen molar-refractivity contribution >= 4 is 67.4 Å². The second-order valence-corrected chi connectivity index (χ2v) is 5.13. The Morgan fingerprint density at radius 1 is 0.455 bits per heavy atom. The molecule has 0 amide bonds. The molecule has 0 saturated carbocycles. The van der Waals surface area contributed by atoms with Gasteiger partial charge in [0.25, 0.3) is 0 Å². The van der Waals surface area contributed by atoms with Gasteiger partial charge in [-0.25, -0.2) is 33.7 Å². The Balaban J connectivity index is -0.0000000376. The predicted octanol–water partition coefficient (Wildman–Crippen LogP) is -3.99. The largest absolute Gasteiger partial charge is 3.00 e. The van der Waals surface area contributed by atoms with Gasteiger partial charge in [0.05, 0.1) is 0 Å². The maximum absolute atomic E-state index is 8.63. The van der Waals surface area contributed by atoms with E-state index in [1.54, 1.807) is 0 Å². The van der Waals surface area contributed by atoms with E-state index in [0.717, 1.165) is 0 Å². The molecule has 22 heteroatoms. The topological polar surface area (TPSA) is 346 Å². The molecule has 0 atom stereocenters. The standard InChI is InChI=1S/In.H3N.4H2O4S/c;;4*1-5(2,3)4/h;1H3;4*(H2,1,2,3,4)/q+3;;;;;/p-3. The Kier molecular flexibility index (Phi) is 25.7. The molecule has 0 unspecified atom stereocenters. The first-order chi connectivity index (χ1) is 8.00. The van der Waals surface area contributed by atoms with E-state index in [-0.39, 0.29) is 32.0 Å². The zero-order valence-electron chi connectivity index (χ0n) is 9.90. The van der Waals surface area contributed by atoms with Gasteiger partial charge < -0.3 is 24.4 Å². The van der Waals surface area contributed by atoms with Gasteiger partial charge in [-0.15, -0.1) is 0 Å². The van der Waals surface area contributed by atoms with E-state index in [1.165, 1.54) is 0 Å². The van der Waals surface area contributed by atoms with Crippen LogP contribution >= 0.6 is 0 Å². The van der Waals surface area contributed by atoms with Gasteiger partial charge in [-0.2, -0.15) is 0 Å². The average Bonchev–Trinajstić information content (AvgIpc) is 1.62. The number of quaternary nitrogens is 1. The summed E-state index contributed by atoms with van der Waals surface area (Å²) in [6.07, 6.45) is 0. The van der Waals surface area contributed by atoms with Gasteiger partial charge in [-0.1, -0.05) is 0 Å². The monoisotopic (exact) mass is 521 g/mol. The molecule has 0 fully saturated rings. The van der Waals surface area contributed by atoms with Crippen LogP contribution in [0.3, 0.4) is 0 Å². The molecule has 136 valence electrons. The summed E-state index contributed by atoms with van der Waals surface area (Å²) in [6.45, 7) is 0. The number of hydrogen-bond donors (Lipinski definition) is 5. The molecule has 8 N–H and O–H groups in total. The Labute approximate surface area is 143 Å². The van der Waals surface area contributed by atoms with Crippen molar-refractivity contribution < 1.29 is 70.1 Å². The molecule has 0 radical (unpaired) electrons. The van der Waals surface area contributed by atoms with Gasteiger partial charge in [0, 0.05) is 0 Å². The summed E-state index contributed by atoms with van der Waals surface area (Å²) in [5.41, 5.74) is 0. The summed E-state index contributed by atoms with van der Waals surface area (Å²) in [5, 5.41) is 0. The van der Waals surface area contributed by atoms with Crippen LogP contribution in [0.2, 0.25) is 0 Å². The zero-order valence-corrected chi connectivity index (χ0v) is 16.5. The second kappa shape index (κ2) is 14.9. The first kappa shape index (κ1) is 38.1. The molecule has 0 aromatic carbocycles. The third-order valence-corrected chi connectivity index (χ3v) is 0. The van der Waals surface area contributed by atoms with Gasteiger partial charge >= 0.3 is 25.8 Å². The third-order valence-electron chi connectivity index (χ3n) is 0. The van der Waals surface area contributed by atoms with Crippen molar-refractivity contribution in [2.24, 2.45) is 0 Å². The van der Waals surface area contributed by atoms with E-state index >= 15 is 0 Å². The van der Waals surface area contributed by atoms with Crippen LogP contribution in [0.4, 0.5) is 0 Å². The third kappa shape index (κ3) is 78700. The fourth-order valence-electron chi connectivity index (χ4n) is 0. The molecule has 22 heavy (non-hydrogen) atoms. The number of hydrogen-bond acceptors (Lipinski definition) is 12. The van der Waals surface area contributed by atoms with E-state index in [0.29, 0.717) is 0 Å². The normalized spacial score (nSPS) is 10.5. The average molecular weight is 521 g/mol. The van der Waals surface area contributed by atoms with Crippen molar-refractivity contribution in [2.45, 2.75) is 0 Å². The molecule has 0 aromatic heterocycles. The van der Waals surface area contributed by atoms with Gasteiger partial charge in [0.2, 0.25) is 41.6 Å². The summed E-state index contributed by atoms with van der Waals surface area (Å²) in [5.74, 6) is 0. The Morgan fingerprint density at radius 2 is 0.455 bits per heavy atom. The quantitative estimate of drug-likeness (QED) is 0.150. The smallest absolute Gasteiger partial charge is 0.726 e. The molecule has 0 saturated heterocycles. The van der Waals surface area contributed by atoms with E-state index in [9.17, 15) is 0 Å². The van der Waals surface area contributed by atoms with Crippen LogP contribution in [0.5, 0.6) is 0 Å². The van der Waals surface area contributed by atoms with Crippen LogP contribution < -0.4 is 6.15 Å². The fraction of sp³-hybridized carbons (Fsp3) is 0. The molecule has 0 aliphatic carbocycles. The van der Waals surface area contributed by atoms with Crippen molar-refractivity contribution in [3.05, 3.63) is 0 Å². The summed E-state index contributed by atoms with van der Waals surface area (Å²) in [4.78, 5) is 0. The predicted molar refractivity (Wildman–Crippen MR) is 61.0 cm³/mol. The van der Waals surface area contributed by atoms with Crippen LogP contribution in [0.1, 0.15) is 0 Å². The van der Waals surface area contributed by atoms with Gasteiger partial charge in [0.1, 0.15) is 0 Å². The second-order valence-electron chi connectivity index (χ2n) is 1.71. The maximum atomic E-state index is 8.63. The molecule has 0 spiro atoms. The van der Waals surface area contributed by atoms with E-state index in [4.69, 9.17) is 70.1 Å².